The first-order chi connectivity index (χ1) is 11.8. The van der Waals surface area contributed by atoms with Gasteiger partial charge in [-0.15, -0.1) is 0 Å². The summed E-state index contributed by atoms with van der Waals surface area (Å²) in [5.41, 5.74) is 5.97. The van der Waals surface area contributed by atoms with Gasteiger partial charge in [-0.25, -0.2) is 4.98 Å². The minimum absolute atomic E-state index is 1.01. The third-order valence-electron chi connectivity index (χ3n) is 4.74. The zero-order chi connectivity index (χ0) is 16.1. The molecule has 0 aliphatic heterocycles. The second-order valence-electron chi connectivity index (χ2n) is 6.23. The summed E-state index contributed by atoms with van der Waals surface area (Å²) in [4.78, 5) is 4.61. The number of fused-ring (bicyclic) bond motifs is 6. The standard InChI is InChI=1S/C22H16N2/c1-15-9-11-16(12-10-15)17-7-4-8-19-18-5-2-3-6-20(18)22-23-13-14-24(22)21(17)19/h2-14H,1H3. The molecule has 2 heterocycles. The first kappa shape index (κ1) is 13.3. The molecule has 0 fully saturated rings. The minimum atomic E-state index is 1.01. The van der Waals surface area contributed by atoms with E-state index in [4.69, 9.17) is 0 Å². The van der Waals surface area contributed by atoms with Crippen LogP contribution in [0.4, 0.5) is 0 Å². The zero-order valence-electron chi connectivity index (χ0n) is 13.4. The van der Waals surface area contributed by atoms with Crippen molar-refractivity contribution in [2.75, 3.05) is 0 Å². The van der Waals surface area contributed by atoms with Gasteiger partial charge in [-0.2, -0.15) is 0 Å². The summed E-state index contributed by atoms with van der Waals surface area (Å²) >= 11 is 0. The third kappa shape index (κ3) is 1.80. The Balaban J connectivity index is 2.02. The molecule has 5 aromatic rings. The van der Waals surface area contributed by atoms with Gasteiger partial charge in [0.15, 0.2) is 0 Å². The molecule has 0 bridgehead atoms. The Morgan fingerprint density at radius 3 is 2.33 bits per heavy atom. The van der Waals surface area contributed by atoms with E-state index in [1.807, 2.05) is 6.20 Å². The number of hydrogen-bond donors (Lipinski definition) is 0. The number of hydrogen-bond acceptors (Lipinski definition) is 1. The molecule has 3 aromatic carbocycles. The van der Waals surface area contributed by atoms with Gasteiger partial charge in [-0.1, -0.05) is 72.3 Å². The van der Waals surface area contributed by atoms with E-state index >= 15 is 0 Å². The van der Waals surface area contributed by atoms with E-state index < -0.39 is 0 Å². The molecule has 0 aliphatic rings. The Labute approximate surface area is 140 Å². The number of rotatable bonds is 1. The summed E-state index contributed by atoms with van der Waals surface area (Å²) in [6, 6.07) is 23.8. The van der Waals surface area contributed by atoms with Crippen molar-refractivity contribution in [3.05, 3.63) is 84.7 Å². The lowest BCUT2D eigenvalue weighted by atomic mass is 9.98. The fourth-order valence-electron chi connectivity index (χ4n) is 3.58. The van der Waals surface area contributed by atoms with Crippen LogP contribution < -0.4 is 0 Å². The van der Waals surface area contributed by atoms with Crippen molar-refractivity contribution < 1.29 is 0 Å². The molecule has 0 radical (unpaired) electrons. The largest absolute Gasteiger partial charge is 0.299 e. The molecule has 2 nitrogen and oxygen atoms in total. The number of aromatic nitrogens is 2. The maximum Gasteiger partial charge on any atom is 0.145 e. The molecular weight excluding hydrogens is 292 g/mol. The second-order valence-corrected chi connectivity index (χ2v) is 6.23. The van der Waals surface area contributed by atoms with Gasteiger partial charge in [-0.05, 0) is 17.9 Å². The highest BCUT2D eigenvalue weighted by Crippen LogP contribution is 2.34. The number of benzene rings is 3. The second kappa shape index (κ2) is 4.93. The van der Waals surface area contributed by atoms with Crippen LogP contribution in [0, 0.1) is 6.92 Å². The molecule has 0 saturated heterocycles. The molecule has 0 N–H and O–H groups in total. The SMILES string of the molecule is Cc1ccc(-c2cccc3c4ccccc4c4nccn4c23)cc1. The van der Waals surface area contributed by atoms with Gasteiger partial charge in [-0.3, -0.25) is 4.40 Å². The van der Waals surface area contributed by atoms with Gasteiger partial charge in [0, 0.05) is 28.7 Å². The topological polar surface area (TPSA) is 17.3 Å². The van der Waals surface area contributed by atoms with Crippen molar-refractivity contribution in [3.63, 3.8) is 0 Å². The monoisotopic (exact) mass is 308 g/mol. The van der Waals surface area contributed by atoms with Crippen molar-refractivity contribution in [2.24, 2.45) is 0 Å². The highest BCUT2D eigenvalue weighted by atomic mass is 15.0. The van der Waals surface area contributed by atoms with Crippen LogP contribution in [-0.4, -0.2) is 9.38 Å². The van der Waals surface area contributed by atoms with Crippen LogP contribution in [0.25, 0.3) is 38.4 Å². The van der Waals surface area contributed by atoms with Gasteiger partial charge in [0.25, 0.3) is 0 Å². The molecule has 0 amide bonds. The molecule has 24 heavy (non-hydrogen) atoms. The van der Waals surface area contributed by atoms with Crippen LogP contribution in [-0.2, 0) is 0 Å². The molecule has 5 rings (SSSR count). The van der Waals surface area contributed by atoms with Crippen LogP contribution in [0.5, 0.6) is 0 Å². The molecule has 2 heteroatoms. The van der Waals surface area contributed by atoms with Crippen LogP contribution in [0.15, 0.2) is 79.1 Å². The summed E-state index contributed by atoms with van der Waals surface area (Å²) in [6.07, 6.45) is 3.94. The highest BCUT2D eigenvalue weighted by molar-refractivity contribution is 6.14. The Hall–Kier alpha value is -3.13. The van der Waals surface area contributed by atoms with Crippen molar-refractivity contribution in [2.45, 2.75) is 6.92 Å². The fraction of sp³-hybridized carbons (Fsp3) is 0.0455. The van der Waals surface area contributed by atoms with E-state index in [1.165, 1.54) is 38.4 Å². The molecule has 0 saturated carbocycles. The Morgan fingerprint density at radius 1 is 0.750 bits per heavy atom. The lowest BCUT2D eigenvalue weighted by Gasteiger charge is -2.13. The van der Waals surface area contributed by atoms with E-state index in [9.17, 15) is 0 Å². The van der Waals surface area contributed by atoms with Crippen molar-refractivity contribution in [1.29, 1.82) is 0 Å². The summed E-state index contributed by atoms with van der Waals surface area (Å²) in [5.74, 6) is 0. The number of nitrogens with zero attached hydrogens (tertiary/aromatic N) is 2. The molecule has 2 aromatic heterocycles. The van der Waals surface area contributed by atoms with Gasteiger partial charge < -0.3 is 0 Å². The number of aryl methyl sites for hydroxylation is 1. The summed E-state index contributed by atoms with van der Waals surface area (Å²) in [6.45, 7) is 2.12. The average Bonchev–Trinajstić information content (AvgIpc) is 3.12. The minimum Gasteiger partial charge on any atom is -0.299 e. The number of imidazole rings is 1. The smallest absolute Gasteiger partial charge is 0.145 e. The predicted octanol–water partition coefficient (Wildman–Crippen LogP) is 5.62. The summed E-state index contributed by atoms with van der Waals surface area (Å²) in [5, 5.41) is 3.70. The normalized spacial score (nSPS) is 11.5. The van der Waals surface area contributed by atoms with Crippen LogP contribution in [0.3, 0.4) is 0 Å². The molecule has 0 atom stereocenters. The fourth-order valence-corrected chi connectivity index (χ4v) is 3.58. The van der Waals surface area contributed by atoms with Crippen molar-refractivity contribution in [3.8, 4) is 11.1 Å². The van der Waals surface area contributed by atoms with Crippen molar-refractivity contribution >= 4 is 27.3 Å². The van der Waals surface area contributed by atoms with Crippen LogP contribution >= 0.6 is 0 Å². The first-order valence-corrected chi connectivity index (χ1v) is 8.16. The Morgan fingerprint density at radius 2 is 1.50 bits per heavy atom. The number of para-hydroxylation sites is 1. The van der Waals surface area contributed by atoms with E-state index in [-0.39, 0.29) is 0 Å². The van der Waals surface area contributed by atoms with Crippen LogP contribution in [0.1, 0.15) is 5.56 Å². The third-order valence-corrected chi connectivity index (χ3v) is 4.74. The Bertz CT molecular complexity index is 1200. The van der Waals surface area contributed by atoms with E-state index in [0.717, 1.165) is 5.65 Å². The quantitative estimate of drug-likeness (QED) is 0.368. The Kier molecular flexibility index (Phi) is 2.74. The highest BCUT2D eigenvalue weighted by Gasteiger charge is 2.12. The van der Waals surface area contributed by atoms with Gasteiger partial charge in [0.2, 0.25) is 0 Å². The molecule has 0 aliphatic carbocycles. The molecule has 114 valence electrons. The molecule has 0 unspecified atom stereocenters. The lowest BCUT2D eigenvalue weighted by molar-refractivity contribution is 1.27. The van der Waals surface area contributed by atoms with Gasteiger partial charge in [0.05, 0.1) is 5.52 Å². The summed E-state index contributed by atoms with van der Waals surface area (Å²) in [7, 11) is 0. The van der Waals surface area contributed by atoms with E-state index in [2.05, 4.69) is 89.2 Å². The van der Waals surface area contributed by atoms with E-state index in [0.29, 0.717) is 0 Å². The molecular formula is C22H16N2. The van der Waals surface area contributed by atoms with Crippen molar-refractivity contribution in [1.82, 2.24) is 9.38 Å². The van der Waals surface area contributed by atoms with Gasteiger partial charge in [0.1, 0.15) is 5.65 Å². The maximum absolute atomic E-state index is 4.61. The maximum atomic E-state index is 4.61. The average molecular weight is 308 g/mol. The predicted molar refractivity (Wildman–Crippen MR) is 100 cm³/mol. The van der Waals surface area contributed by atoms with Crippen LogP contribution in [0.2, 0.25) is 0 Å². The van der Waals surface area contributed by atoms with E-state index in [1.54, 1.807) is 0 Å². The summed E-state index contributed by atoms with van der Waals surface area (Å²) < 4.78 is 2.22. The van der Waals surface area contributed by atoms with Gasteiger partial charge >= 0.3 is 0 Å². The number of pyridine rings is 1. The first-order valence-electron chi connectivity index (χ1n) is 8.16. The lowest BCUT2D eigenvalue weighted by Crippen LogP contribution is -1.93. The molecule has 0 spiro atoms. The zero-order valence-corrected chi connectivity index (χ0v) is 13.4.